The molecule has 0 aliphatic heterocycles. The van der Waals surface area contributed by atoms with E-state index in [0.29, 0.717) is 5.82 Å². The predicted octanol–water partition coefficient (Wildman–Crippen LogP) is 4.35. The topological polar surface area (TPSA) is 68.0 Å². The number of anilines is 1. The summed E-state index contributed by atoms with van der Waals surface area (Å²) >= 11 is 3.34. The zero-order chi connectivity index (χ0) is 17.8. The van der Waals surface area contributed by atoms with E-state index in [1.54, 1.807) is 0 Å². The van der Waals surface area contributed by atoms with Crippen LogP contribution in [0.5, 0.6) is 0 Å². The van der Waals surface area contributed by atoms with Gasteiger partial charge in [-0.25, -0.2) is 8.78 Å². The fourth-order valence-electron chi connectivity index (χ4n) is 2.11. The summed E-state index contributed by atoms with van der Waals surface area (Å²) in [6.07, 6.45) is 0.112. The number of aromatic nitrogens is 2. The molecule has 0 aliphatic carbocycles. The summed E-state index contributed by atoms with van der Waals surface area (Å²) in [6, 6.07) is 10.7. The number of carbonyl (C=O) groups is 1. The molecule has 2 aromatic carbocycles. The summed E-state index contributed by atoms with van der Waals surface area (Å²) in [5.41, 5.74) is 0.310. The highest BCUT2D eigenvalue weighted by atomic mass is 79.9. The van der Waals surface area contributed by atoms with Gasteiger partial charge in [-0.15, -0.1) is 0 Å². The Kier molecular flexibility index (Phi) is 5.18. The number of carbonyl (C=O) groups excluding carboxylic acids is 1. The van der Waals surface area contributed by atoms with Gasteiger partial charge in [0.15, 0.2) is 0 Å². The van der Waals surface area contributed by atoms with Gasteiger partial charge in [0, 0.05) is 22.9 Å². The number of aryl methyl sites for hydroxylation is 1. The normalized spacial score (nSPS) is 10.7. The number of amides is 1. The summed E-state index contributed by atoms with van der Waals surface area (Å²) in [5, 5.41) is 6.06. The molecular weight excluding hydrogens is 396 g/mol. The van der Waals surface area contributed by atoms with Gasteiger partial charge in [0.25, 0.3) is 0 Å². The molecule has 5 nitrogen and oxygen atoms in total. The van der Waals surface area contributed by atoms with Gasteiger partial charge in [-0.05, 0) is 36.4 Å². The van der Waals surface area contributed by atoms with E-state index in [9.17, 15) is 13.6 Å². The molecule has 0 bridgehead atoms. The molecule has 0 fully saturated rings. The van der Waals surface area contributed by atoms with Crippen LogP contribution in [0, 0.1) is 11.6 Å². The molecule has 1 heterocycles. The summed E-state index contributed by atoms with van der Waals surface area (Å²) in [6.45, 7) is 0. The molecule has 25 heavy (non-hydrogen) atoms. The number of hydrogen-bond acceptors (Lipinski definition) is 4. The number of para-hydroxylation sites is 1. The van der Waals surface area contributed by atoms with Crippen LogP contribution in [-0.4, -0.2) is 16.0 Å². The molecule has 8 heteroatoms. The Hall–Kier alpha value is -2.61. The lowest BCUT2D eigenvalue weighted by Gasteiger charge is -2.06. The maximum atomic E-state index is 13.5. The molecule has 128 valence electrons. The zero-order valence-electron chi connectivity index (χ0n) is 12.8. The number of benzene rings is 2. The van der Waals surface area contributed by atoms with E-state index in [4.69, 9.17) is 4.52 Å². The average molecular weight is 408 g/mol. The van der Waals surface area contributed by atoms with E-state index in [0.717, 1.165) is 22.2 Å². The second kappa shape index (κ2) is 7.52. The number of halogens is 3. The summed E-state index contributed by atoms with van der Waals surface area (Å²) in [5.74, 6) is -1.54. The first-order valence-corrected chi connectivity index (χ1v) is 8.14. The van der Waals surface area contributed by atoms with Gasteiger partial charge < -0.3 is 9.84 Å². The molecule has 0 unspecified atom stereocenters. The fourth-order valence-corrected chi connectivity index (χ4v) is 2.38. The highest BCUT2D eigenvalue weighted by Crippen LogP contribution is 2.20. The molecule has 0 spiro atoms. The van der Waals surface area contributed by atoms with E-state index in [1.165, 1.54) is 6.07 Å². The minimum atomic E-state index is -0.830. The van der Waals surface area contributed by atoms with Crippen molar-refractivity contribution in [2.24, 2.45) is 0 Å². The van der Waals surface area contributed by atoms with E-state index >= 15 is 0 Å². The smallest absolute Gasteiger partial charge is 0.227 e. The highest BCUT2D eigenvalue weighted by molar-refractivity contribution is 9.10. The first-order valence-electron chi connectivity index (χ1n) is 7.35. The van der Waals surface area contributed by atoms with E-state index in [1.807, 2.05) is 24.3 Å². The van der Waals surface area contributed by atoms with Crippen molar-refractivity contribution in [3.8, 4) is 11.4 Å². The molecule has 1 amide bonds. The van der Waals surface area contributed by atoms with Crippen LogP contribution in [0.3, 0.4) is 0 Å². The number of nitrogens with zero attached hydrogens (tertiary/aromatic N) is 2. The Morgan fingerprint density at radius 1 is 1.12 bits per heavy atom. The van der Waals surface area contributed by atoms with Crippen molar-refractivity contribution in [1.82, 2.24) is 10.1 Å². The Labute approximate surface area is 150 Å². The van der Waals surface area contributed by atoms with Gasteiger partial charge in [-0.2, -0.15) is 4.98 Å². The first-order chi connectivity index (χ1) is 12.0. The number of nitrogens with one attached hydrogen (secondary N) is 1. The van der Waals surface area contributed by atoms with E-state index < -0.39 is 23.2 Å². The van der Waals surface area contributed by atoms with Crippen molar-refractivity contribution in [3.05, 3.63) is 64.5 Å². The predicted molar refractivity (Wildman–Crippen MR) is 90.7 cm³/mol. The second-order valence-electron chi connectivity index (χ2n) is 5.16. The van der Waals surface area contributed by atoms with Gasteiger partial charge in [0.05, 0.1) is 0 Å². The maximum Gasteiger partial charge on any atom is 0.227 e. The Morgan fingerprint density at radius 2 is 1.80 bits per heavy atom. The standard InChI is InChI=1S/C17H12BrF2N3O2/c18-11-6-4-10(5-7-11)17-22-15(25-23-17)9-8-14(24)21-16-12(19)2-1-3-13(16)20/h1-7H,8-9H2,(H,21,24). The van der Waals surface area contributed by atoms with Crippen LogP contribution in [0.15, 0.2) is 51.5 Å². The van der Waals surface area contributed by atoms with Crippen LogP contribution in [0.2, 0.25) is 0 Å². The van der Waals surface area contributed by atoms with E-state index in [-0.39, 0.29) is 18.7 Å². The molecule has 0 atom stereocenters. The van der Waals surface area contributed by atoms with Crippen molar-refractivity contribution >= 4 is 27.5 Å². The molecular formula is C17H12BrF2N3O2. The van der Waals surface area contributed by atoms with Gasteiger partial charge in [-0.1, -0.05) is 27.2 Å². The van der Waals surface area contributed by atoms with Crippen molar-refractivity contribution in [3.63, 3.8) is 0 Å². The van der Waals surface area contributed by atoms with Crippen LogP contribution in [0.25, 0.3) is 11.4 Å². The molecule has 1 aromatic heterocycles. The third-order valence-corrected chi connectivity index (χ3v) is 3.89. The third-order valence-electron chi connectivity index (χ3n) is 3.36. The largest absolute Gasteiger partial charge is 0.339 e. The van der Waals surface area contributed by atoms with Gasteiger partial charge in [-0.3, -0.25) is 4.79 Å². The lowest BCUT2D eigenvalue weighted by Crippen LogP contribution is -2.14. The van der Waals surface area contributed by atoms with Crippen LogP contribution >= 0.6 is 15.9 Å². The van der Waals surface area contributed by atoms with Crippen molar-refractivity contribution < 1.29 is 18.1 Å². The SMILES string of the molecule is O=C(CCc1nc(-c2ccc(Br)cc2)no1)Nc1c(F)cccc1F. The van der Waals surface area contributed by atoms with Gasteiger partial charge in [0.2, 0.25) is 17.6 Å². The average Bonchev–Trinajstić information content (AvgIpc) is 3.06. The molecule has 3 aromatic rings. The minimum Gasteiger partial charge on any atom is -0.339 e. The fraction of sp³-hybridized carbons (Fsp3) is 0.118. The van der Waals surface area contributed by atoms with Crippen molar-refractivity contribution in [1.29, 1.82) is 0 Å². The monoisotopic (exact) mass is 407 g/mol. The second-order valence-corrected chi connectivity index (χ2v) is 6.08. The lowest BCUT2D eigenvalue weighted by atomic mass is 10.2. The Balaban J connectivity index is 1.60. The van der Waals surface area contributed by atoms with E-state index in [2.05, 4.69) is 31.4 Å². The quantitative estimate of drug-likeness (QED) is 0.682. The molecule has 3 rings (SSSR count). The third kappa shape index (κ3) is 4.27. The Morgan fingerprint density at radius 3 is 2.48 bits per heavy atom. The maximum absolute atomic E-state index is 13.5. The molecule has 0 aliphatic rings. The van der Waals surface area contributed by atoms with Crippen molar-refractivity contribution in [2.45, 2.75) is 12.8 Å². The lowest BCUT2D eigenvalue weighted by molar-refractivity contribution is -0.116. The van der Waals surface area contributed by atoms with Gasteiger partial charge >= 0.3 is 0 Å². The first kappa shape index (κ1) is 17.2. The number of hydrogen-bond donors (Lipinski definition) is 1. The van der Waals surface area contributed by atoms with Gasteiger partial charge in [0.1, 0.15) is 17.3 Å². The van der Waals surface area contributed by atoms with Crippen molar-refractivity contribution in [2.75, 3.05) is 5.32 Å². The zero-order valence-corrected chi connectivity index (χ0v) is 14.4. The summed E-state index contributed by atoms with van der Waals surface area (Å²) in [4.78, 5) is 16.1. The van der Waals surface area contributed by atoms with Crippen LogP contribution in [0.1, 0.15) is 12.3 Å². The summed E-state index contributed by atoms with van der Waals surface area (Å²) < 4.78 is 33.0. The minimum absolute atomic E-state index is 0.0459. The Bertz CT molecular complexity index is 877. The number of rotatable bonds is 5. The molecule has 0 saturated heterocycles. The van der Waals surface area contributed by atoms with Crippen LogP contribution in [0.4, 0.5) is 14.5 Å². The van der Waals surface area contributed by atoms with Crippen LogP contribution in [-0.2, 0) is 11.2 Å². The summed E-state index contributed by atoms with van der Waals surface area (Å²) in [7, 11) is 0. The molecule has 1 N–H and O–H groups in total. The highest BCUT2D eigenvalue weighted by Gasteiger charge is 2.14. The molecule has 0 saturated carbocycles. The van der Waals surface area contributed by atoms with Crippen LogP contribution < -0.4 is 5.32 Å². The molecule has 0 radical (unpaired) electrons.